The van der Waals surface area contributed by atoms with Gasteiger partial charge in [-0.3, -0.25) is 4.79 Å². The minimum absolute atomic E-state index is 0.131. The Morgan fingerprint density at radius 3 is 2.44 bits per heavy atom. The van der Waals surface area contributed by atoms with Crippen molar-refractivity contribution in [3.05, 3.63) is 81.9 Å². The number of hydrogen-bond donors (Lipinski definition) is 1. The Kier molecular flexibility index (Phi) is 5.15. The Morgan fingerprint density at radius 2 is 1.80 bits per heavy atom. The molecular formula is C17H12ClF2NO3S. The molecule has 2 aromatic carbocycles. The van der Waals surface area contributed by atoms with E-state index >= 15 is 0 Å². The van der Waals surface area contributed by atoms with Crippen LogP contribution in [-0.4, -0.2) is 5.78 Å². The van der Waals surface area contributed by atoms with E-state index in [-0.39, 0.29) is 23.0 Å². The number of ether oxygens (including phenoxy) is 1. The van der Waals surface area contributed by atoms with Gasteiger partial charge in [-0.1, -0.05) is 29.8 Å². The summed E-state index contributed by atoms with van der Waals surface area (Å²) in [6.45, 7) is 0. The van der Waals surface area contributed by atoms with E-state index < -0.39 is 23.5 Å². The number of rotatable bonds is 5. The van der Waals surface area contributed by atoms with Gasteiger partial charge in [0.1, 0.15) is 11.6 Å². The van der Waals surface area contributed by atoms with Crippen molar-refractivity contribution in [2.75, 3.05) is 0 Å². The Labute approximate surface area is 151 Å². The fourth-order valence-corrected chi connectivity index (χ4v) is 3.09. The predicted octanol–water partition coefficient (Wildman–Crippen LogP) is 4.25. The number of ketones is 1. The highest BCUT2D eigenvalue weighted by Crippen LogP contribution is 2.34. The fraction of sp³-hybridized carbons (Fsp3) is 0.118. The quantitative estimate of drug-likeness (QED) is 0.782. The number of benzene rings is 2. The van der Waals surface area contributed by atoms with Gasteiger partial charge in [0.2, 0.25) is 17.4 Å². The number of carbonyl (C=O) groups is 1. The Balaban J connectivity index is 1.66. The molecule has 0 aromatic heterocycles. The van der Waals surface area contributed by atoms with Crippen molar-refractivity contribution < 1.29 is 22.5 Å². The zero-order chi connectivity index (χ0) is 18.0. The lowest BCUT2D eigenvalue weighted by Crippen LogP contribution is -2.10. The van der Waals surface area contributed by atoms with Crippen molar-refractivity contribution in [2.45, 2.75) is 11.9 Å². The Hall–Kier alpha value is -2.25. The third-order valence-corrected chi connectivity index (χ3v) is 4.45. The van der Waals surface area contributed by atoms with E-state index in [9.17, 15) is 13.6 Å². The van der Waals surface area contributed by atoms with Crippen LogP contribution in [0.15, 0.2) is 54.1 Å². The number of Topliss-reactive ketones (excluding diaryl/α,β-unsaturated/α-hetero) is 1. The van der Waals surface area contributed by atoms with E-state index in [0.717, 1.165) is 12.1 Å². The lowest BCUT2D eigenvalue weighted by atomic mass is 10.1. The summed E-state index contributed by atoms with van der Waals surface area (Å²) >= 11 is 6.51. The van der Waals surface area contributed by atoms with Crippen LogP contribution in [0.3, 0.4) is 0 Å². The second-order valence-corrected chi connectivity index (χ2v) is 6.28. The molecule has 0 saturated carbocycles. The summed E-state index contributed by atoms with van der Waals surface area (Å²) in [5.41, 5.74) is 6.11. The summed E-state index contributed by atoms with van der Waals surface area (Å²) in [5, 5.41) is 0.522. The normalized spacial score (nSPS) is 16.9. The van der Waals surface area contributed by atoms with Gasteiger partial charge in [0, 0.05) is 16.1 Å². The van der Waals surface area contributed by atoms with Crippen LogP contribution < -0.4 is 5.73 Å². The van der Waals surface area contributed by atoms with Gasteiger partial charge in [0.25, 0.3) is 0 Å². The Bertz CT molecular complexity index is 822. The smallest absolute Gasteiger partial charge is 0.249 e. The molecule has 0 aliphatic carbocycles. The average molecular weight is 384 g/mol. The number of halogens is 3. The zero-order valence-corrected chi connectivity index (χ0v) is 14.2. The van der Waals surface area contributed by atoms with Gasteiger partial charge in [-0.05, 0) is 24.3 Å². The Morgan fingerprint density at radius 1 is 1.16 bits per heavy atom. The van der Waals surface area contributed by atoms with Crippen LogP contribution in [0.4, 0.5) is 8.78 Å². The largest absolute Gasteiger partial charge is 0.460 e. The van der Waals surface area contributed by atoms with Crippen molar-refractivity contribution in [3.8, 4) is 0 Å². The molecular weight excluding hydrogens is 372 g/mol. The highest BCUT2D eigenvalue weighted by molar-refractivity contribution is 7.94. The van der Waals surface area contributed by atoms with Gasteiger partial charge >= 0.3 is 0 Å². The highest BCUT2D eigenvalue weighted by Gasteiger charge is 2.37. The number of carbonyl (C=O) groups excluding carboxylic acids is 1. The molecule has 0 fully saturated rings. The molecule has 0 saturated heterocycles. The summed E-state index contributed by atoms with van der Waals surface area (Å²) < 4.78 is 37.7. The lowest BCUT2D eigenvalue weighted by molar-refractivity contribution is -0.122. The first-order chi connectivity index (χ1) is 12.0. The molecule has 2 N–H and O–H groups in total. The van der Waals surface area contributed by atoms with Crippen molar-refractivity contribution in [3.63, 3.8) is 0 Å². The SMILES string of the molecule is NC1=C(OSCc2c(F)cccc2F)C(=O)C(c2ccc(Cl)cc2)O1. The minimum atomic E-state index is -0.932. The molecule has 0 bridgehead atoms. The third-order valence-electron chi connectivity index (χ3n) is 3.51. The number of nitrogens with two attached hydrogens (primary N) is 1. The van der Waals surface area contributed by atoms with E-state index in [0.29, 0.717) is 22.6 Å². The van der Waals surface area contributed by atoms with Gasteiger partial charge in [-0.2, -0.15) is 0 Å². The van der Waals surface area contributed by atoms with Crippen LogP contribution in [0.2, 0.25) is 5.02 Å². The van der Waals surface area contributed by atoms with Crippen LogP contribution in [0.1, 0.15) is 17.2 Å². The first-order valence-corrected chi connectivity index (χ1v) is 8.44. The third kappa shape index (κ3) is 3.72. The van der Waals surface area contributed by atoms with Crippen molar-refractivity contribution in [1.82, 2.24) is 0 Å². The maximum absolute atomic E-state index is 13.6. The maximum Gasteiger partial charge on any atom is 0.249 e. The monoisotopic (exact) mass is 383 g/mol. The van der Waals surface area contributed by atoms with Crippen LogP contribution in [-0.2, 0) is 19.5 Å². The van der Waals surface area contributed by atoms with E-state index in [4.69, 9.17) is 26.3 Å². The van der Waals surface area contributed by atoms with E-state index in [1.807, 2.05) is 0 Å². The van der Waals surface area contributed by atoms with Crippen LogP contribution in [0, 0.1) is 11.6 Å². The molecule has 2 aromatic rings. The van der Waals surface area contributed by atoms with Crippen molar-refractivity contribution in [2.24, 2.45) is 5.73 Å². The van der Waals surface area contributed by atoms with E-state index in [1.54, 1.807) is 24.3 Å². The molecule has 130 valence electrons. The molecule has 1 atom stereocenters. The molecule has 1 unspecified atom stereocenters. The standard InChI is InChI=1S/C17H12ClF2NO3S/c18-10-6-4-9(5-7-10)15-14(22)16(17(21)23-15)24-25-8-11-12(19)2-1-3-13(11)20/h1-7,15H,8,21H2. The molecule has 4 nitrogen and oxygen atoms in total. The fourth-order valence-electron chi connectivity index (χ4n) is 2.23. The van der Waals surface area contributed by atoms with Gasteiger partial charge in [0.05, 0.1) is 17.8 Å². The first-order valence-electron chi connectivity index (χ1n) is 7.16. The van der Waals surface area contributed by atoms with Crippen molar-refractivity contribution >= 4 is 29.4 Å². The summed E-state index contributed by atoms with van der Waals surface area (Å²) in [6.07, 6.45) is -0.932. The maximum atomic E-state index is 13.6. The first kappa shape index (κ1) is 17.6. The molecule has 0 amide bonds. The van der Waals surface area contributed by atoms with Crippen LogP contribution >= 0.6 is 23.6 Å². The molecule has 3 rings (SSSR count). The van der Waals surface area contributed by atoms with Crippen LogP contribution in [0.25, 0.3) is 0 Å². The van der Waals surface area contributed by atoms with Gasteiger partial charge in [-0.15, -0.1) is 0 Å². The molecule has 1 aliphatic rings. The van der Waals surface area contributed by atoms with Gasteiger partial charge < -0.3 is 14.7 Å². The lowest BCUT2D eigenvalue weighted by Gasteiger charge is -2.09. The molecule has 1 aliphatic heterocycles. The number of hydrogen-bond acceptors (Lipinski definition) is 5. The summed E-state index contributed by atoms with van der Waals surface area (Å²) in [4.78, 5) is 12.4. The summed E-state index contributed by atoms with van der Waals surface area (Å²) in [6, 6.07) is 10.1. The summed E-state index contributed by atoms with van der Waals surface area (Å²) in [5.74, 6) is -2.33. The van der Waals surface area contributed by atoms with Gasteiger partial charge in [-0.25, -0.2) is 8.78 Å². The molecule has 0 spiro atoms. The summed E-state index contributed by atoms with van der Waals surface area (Å²) in [7, 11) is 0. The second-order valence-electron chi connectivity index (χ2n) is 5.15. The predicted molar refractivity (Wildman–Crippen MR) is 90.2 cm³/mol. The van der Waals surface area contributed by atoms with Gasteiger partial charge in [0.15, 0.2) is 6.10 Å². The van der Waals surface area contributed by atoms with E-state index in [2.05, 4.69) is 0 Å². The topological polar surface area (TPSA) is 61.5 Å². The minimum Gasteiger partial charge on any atom is -0.460 e. The molecule has 0 radical (unpaired) electrons. The average Bonchev–Trinajstić information content (AvgIpc) is 2.86. The zero-order valence-electron chi connectivity index (χ0n) is 12.7. The highest BCUT2D eigenvalue weighted by atomic mass is 35.5. The van der Waals surface area contributed by atoms with Crippen molar-refractivity contribution in [1.29, 1.82) is 0 Å². The molecule has 1 heterocycles. The molecule has 25 heavy (non-hydrogen) atoms. The van der Waals surface area contributed by atoms with E-state index in [1.165, 1.54) is 6.07 Å². The van der Waals surface area contributed by atoms with Crippen LogP contribution in [0.5, 0.6) is 0 Å². The molecule has 8 heteroatoms. The second kappa shape index (κ2) is 7.33.